The van der Waals surface area contributed by atoms with E-state index in [2.05, 4.69) is 60.6 Å². The largest absolute Gasteiger partial charge is 0.328 e. The Morgan fingerprint density at radius 1 is 1.18 bits per heavy atom. The van der Waals surface area contributed by atoms with Crippen LogP contribution in [0.2, 0.25) is 0 Å². The molecule has 5 nitrogen and oxygen atoms in total. The molecule has 0 saturated heterocycles. The lowest BCUT2D eigenvalue weighted by Crippen LogP contribution is -2.42. The summed E-state index contributed by atoms with van der Waals surface area (Å²) >= 11 is 1.51. The average molecular weight is 391 g/mol. The number of benzene rings is 2. The Morgan fingerprint density at radius 2 is 1.96 bits per heavy atom. The van der Waals surface area contributed by atoms with Gasteiger partial charge in [0.1, 0.15) is 5.78 Å². The molecule has 0 bridgehead atoms. The number of ketones is 1. The lowest BCUT2D eigenvalue weighted by atomic mass is 9.71. The van der Waals surface area contributed by atoms with E-state index in [1.807, 2.05) is 23.1 Å². The smallest absolute Gasteiger partial charge is 0.227 e. The molecule has 2 aromatic carbocycles. The third-order valence-electron chi connectivity index (χ3n) is 5.63. The van der Waals surface area contributed by atoms with E-state index in [0.717, 1.165) is 16.6 Å². The molecule has 0 saturated carbocycles. The minimum Gasteiger partial charge on any atom is -0.328 e. The van der Waals surface area contributed by atoms with E-state index in [9.17, 15) is 4.79 Å². The van der Waals surface area contributed by atoms with E-state index in [1.54, 1.807) is 0 Å². The molecular formula is C22H22N4OS. The first kappa shape index (κ1) is 17.5. The number of rotatable bonds is 2. The van der Waals surface area contributed by atoms with Gasteiger partial charge in [-0.1, -0.05) is 74.1 Å². The summed E-state index contributed by atoms with van der Waals surface area (Å²) in [6, 6.07) is 14.4. The number of aromatic nitrogens is 3. The highest BCUT2D eigenvalue weighted by atomic mass is 32.2. The minimum absolute atomic E-state index is 0.163. The van der Waals surface area contributed by atoms with Crippen molar-refractivity contribution in [2.45, 2.75) is 31.5 Å². The van der Waals surface area contributed by atoms with Crippen molar-refractivity contribution < 1.29 is 4.79 Å². The fraction of sp³-hybridized carbons (Fsp3) is 0.318. The summed E-state index contributed by atoms with van der Waals surface area (Å²) in [6.45, 7) is 4.21. The molecule has 2 heterocycles. The number of Topliss-reactive ketones (excluding diaryl/α,β-unsaturated/α-hetero) is 1. The zero-order chi connectivity index (χ0) is 19.5. The highest BCUT2D eigenvalue weighted by Crippen LogP contribution is 2.46. The SMILES string of the molecule is CSc1nc2n(n1)[C@@H](c1cccc3ccccc13)[C@@H]1C(=O)CC(C)(C)C=C1N2. The molecule has 1 aromatic heterocycles. The average Bonchev–Trinajstić information content (AvgIpc) is 3.08. The Labute approximate surface area is 168 Å². The normalized spacial score (nSPS) is 23.0. The second-order valence-corrected chi connectivity index (χ2v) is 8.99. The van der Waals surface area contributed by atoms with Crippen LogP contribution in [0.1, 0.15) is 31.9 Å². The standard InChI is InChI=1S/C22H22N4OS/c1-22(2)11-16-18(17(27)12-22)19(26-20(23-16)24-21(25-26)28-3)15-10-6-8-13-7-4-5-9-14(13)15/h4-11,18-19H,12H2,1-3H3,(H,23,24,25)/t18-,19-/m0/s1. The molecule has 0 radical (unpaired) electrons. The lowest BCUT2D eigenvalue weighted by molar-refractivity contribution is -0.125. The third-order valence-corrected chi connectivity index (χ3v) is 6.17. The van der Waals surface area contributed by atoms with Crippen LogP contribution in [0.5, 0.6) is 0 Å². The summed E-state index contributed by atoms with van der Waals surface area (Å²) in [7, 11) is 0. The number of allylic oxidation sites excluding steroid dienone is 2. The van der Waals surface area contributed by atoms with Gasteiger partial charge in [-0.15, -0.1) is 5.10 Å². The number of nitrogens with zero attached hydrogens (tertiary/aromatic N) is 3. The summed E-state index contributed by atoms with van der Waals surface area (Å²) < 4.78 is 1.91. The number of carbonyl (C=O) groups is 1. The summed E-state index contributed by atoms with van der Waals surface area (Å²) in [5, 5.41) is 11.2. The van der Waals surface area contributed by atoms with Crippen LogP contribution in [0.3, 0.4) is 0 Å². The number of fused-ring (bicyclic) bond motifs is 3. The van der Waals surface area contributed by atoms with Crippen LogP contribution in [-0.2, 0) is 4.79 Å². The molecule has 5 rings (SSSR count). The predicted molar refractivity (Wildman–Crippen MR) is 112 cm³/mol. The van der Waals surface area contributed by atoms with Crippen molar-refractivity contribution in [1.29, 1.82) is 0 Å². The van der Waals surface area contributed by atoms with Crippen molar-refractivity contribution in [3.8, 4) is 0 Å². The summed E-state index contributed by atoms with van der Waals surface area (Å²) in [5.74, 6) is 0.679. The van der Waals surface area contributed by atoms with E-state index >= 15 is 0 Å². The number of hydrogen-bond donors (Lipinski definition) is 1. The first-order valence-electron chi connectivity index (χ1n) is 9.47. The van der Waals surface area contributed by atoms with Gasteiger partial charge in [-0.05, 0) is 28.0 Å². The minimum atomic E-state index is -0.275. The van der Waals surface area contributed by atoms with Crippen molar-refractivity contribution in [2.75, 3.05) is 11.6 Å². The Morgan fingerprint density at radius 3 is 2.79 bits per heavy atom. The molecule has 1 aliphatic heterocycles. The maximum absolute atomic E-state index is 13.3. The van der Waals surface area contributed by atoms with Gasteiger partial charge in [-0.3, -0.25) is 4.79 Å². The van der Waals surface area contributed by atoms with E-state index in [4.69, 9.17) is 5.10 Å². The quantitative estimate of drug-likeness (QED) is 0.645. The number of anilines is 1. The first-order valence-corrected chi connectivity index (χ1v) is 10.7. The zero-order valence-corrected chi connectivity index (χ0v) is 17.0. The van der Waals surface area contributed by atoms with E-state index in [1.165, 1.54) is 17.1 Å². The van der Waals surface area contributed by atoms with Gasteiger partial charge in [-0.2, -0.15) is 4.98 Å². The van der Waals surface area contributed by atoms with Crippen LogP contribution in [0, 0.1) is 11.3 Å². The fourth-order valence-electron chi connectivity index (χ4n) is 4.51. The molecule has 6 heteroatoms. The topological polar surface area (TPSA) is 59.8 Å². The zero-order valence-electron chi connectivity index (χ0n) is 16.1. The van der Waals surface area contributed by atoms with E-state index in [0.29, 0.717) is 17.5 Å². The molecule has 1 N–H and O–H groups in total. The van der Waals surface area contributed by atoms with Crippen LogP contribution >= 0.6 is 11.8 Å². The molecule has 28 heavy (non-hydrogen) atoms. The second kappa shape index (κ2) is 6.21. The molecule has 0 fully saturated rings. The fourth-order valence-corrected chi connectivity index (χ4v) is 4.86. The van der Waals surface area contributed by atoms with Crippen molar-refractivity contribution >= 4 is 34.3 Å². The molecular weight excluding hydrogens is 368 g/mol. The second-order valence-electron chi connectivity index (χ2n) is 8.21. The van der Waals surface area contributed by atoms with Crippen molar-refractivity contribution in [2.24, 2.45) is 11.3 Å². The number of hydrogen-bond acceptors (Lipinski definition) is 5. The van der Waals surface area contributed by atoms with Crippen LogP contribution in [0.4, 0.5) is 5.95 Å². The maximum Gasteiger partial charge on any atom is 0.227 e. The maximum atomic E-state index is 13.3. The molecule has 0 unspecified atom stereocenters. The van der Waals surface area contributed by atoms with Crippen LogP contribution in [-0.4, -0.2) is 26.8 Å². The first-order chi connectivity index (χ1) is 13.5. The molecule has 142 valence electrons. The van der Waals surface area contributed by atoms with Gasteiger partial charge >= 0.3 is 0 Å². The highest BCUT2D eigenvalue weighted by molar-refractivity contribution is 7.98. The number of carbonyl (C=O) groups excluding carboxylic acids is 1. The van der Waals surface area contributed by atoms with E-state index < -0.39 is 0 Å². The number of thioether (sulfide) groups is 1. The van der Waals surface area contributed by atoms with Gasteiger partial charge in [0, 0.05) is 12.1 Å². The molecule has 2 aliphatic rings. The van der Waals surface area contributed by atoms with Gasteiger partial charge in [0.05, 0.1) is 12.0 Å². The lowest BCUT2D eigenvalue weighted by Gasteiger charge is -2.40. The van der Waals surface area contributed by atoms with Gasteiger partial charge in [-0.25, -0.2) is 4.68 Å². The summed E-state index contributed by atoms with van der Waals surface area (Å²) in [4.78, 5) is 17.9. The molecule has 0 spiro atoms. The Kier molecular flexibility index (Phi) is 3.88. The third kappa shape index (κ3) is 2.66. The van der Waals surface area contributed by atoms with Gasteiger partial charge in [0.15, 0.2) is 0 Å². The van der Waals surface area contributed by atoms with Crippen molar-refractivity contribution in [1.82, 2.24) is 14.8 Å². The molecule has 3 aromatic rings. The van der Waals surface area contributed by atoms with Crippen molar-refractivity contribution in [3.05, 3.63) is 59.8 Å². The molecule has 0 amide bonds. The van der Waals surface area contributed by atoms with E-state index in [-0.39, 0.29) is 23.2 Å². The Balaban J connectivity index is 1.79. The van der Waals surface area contributed by atoms with Crippen LogP contribution < -0.4 is 5.32 Å². The highest BCUT2D eigenvalue weighted by Gasteiger charge is 2.45. The molecule has 2 atom stereocenters. The van der Waals surface area contributed by atoms with Crippen molar-refractivity contribution in [3.63, 3.8) is 0 Å². The van der Waals surface area contributed by atoms with Crippen LogP contribution in [0.25, 0.3) is 10.8 Å². The Bertz CT molecular complexity index is 1130. The molecule has 1 aliphatic carbocycles. The van der Waals surface area contributed by atoms with Gasteiger partial charge in [0.25, 0.3) is 0 Å². The monoisotopic (exact) mass is 390 g/mol. The summed E-state index contributed by atoms with van der Waals surface area (Å²) in [5.41, 5.74) is 1.90. The van der Waals surface area contributed by atoms with Gasteiger partial charge in [0.2, 0.25) is 11.1 Å². The Hall–Kier alpha value is -2.60. The number of nitrogens with one attached hydrogen (secondary N) is 1. The van der Waals surface area contributed by atoms with Crippen LogP contribution in [0.15, 0.2) is 59.4 Å². The predicted octanol–water partition coefficient (Wildman–Crippen LogP) is 4.67. The van der Waals surface area contributed by atoms with Gasteiger partial charge < -0.3 is 5.32 Å². The summed E-state index contributed by atoms with van der Waals surface area (Å²) in [6.07, 6.45) is 4.70.